The first-order valence-electron chi connectivity index (χ1n) is 5.91. The van der Waals surface area contributed by atoms with Gasteiger partial charge in [0.25, 0.3) is 0 Å². The first-order valence-corrected chi connectivity index (χ1v) is 6.32. The van der Waals surface area contributed by atoms with Crippen molar-refractivity contribution in [2.75, 3.05) is 5.48 Å². The molecule has 0 bridgehead atoms. The van der Waals surface area contributed by atoms with Gasteiger partial charge in [0.15, 0.2) is 5.75 Å². The Morgan fingerprint density at radius 2 is 1.95 bits per heavy atom. The number of aromatic amines is 1. The minimum absolute atomic E-state index is 0.367. The lowest BCUT2D eigenvalue weighted by atomic mass is 10.3. The molecule has 0 aliphatic rings. The molecule has 1 aromatic heterocycles. The summed E-state index contributed by atoms with van der Waals surface area (Å²) in [7, 11) is 0. The van der Waals surface area contributed by atoms with Crippen molar-refractivity contribution in [3.8, 4) is 11.4 Å². The van der Waals surface area contributed by atoms with Gasteiger partial charge in [-0.25, -0.2) is 10.2 Å². The second kappa shape index (κ2) is 5.54. The molecule has 0 amide bonds. The summed E-state index contributed by atoms with van der Waals surface area (Å²) in [5, 5.41) is 10.1. The third-order valence-electron chi connectivity index (χ3n) is 2.61. The molecule has 100 valence electrons. The summed E-state index contributed by atoms with van der Waals surface area (Å²) in [6.07, 6.45) is 0. The summed E-state index contributed by atoms with van der Waals surface area (Å²) < 4.78 is 1.97. The van der Waals surface area contributed by atoms with Gasteiger partial charge in [-0.3, -0.25) is 0 Å². The van der Waals surface area contributed by atoms with Gasteiger partial charge in [-0.1, -0.05) is 34.6 Å². The van der Waals surface area contributed by atoms with Gasteiger partial charge in [0.1, 0.15) is 0 Å². The van der Waals surface area contributed by atoms with Gasteiger partial charge in [0.2, 0.25) is 4.77 Å². The van der Waals surface area contributed by atoms with Crippen LogP contribution in [0.4, 0.5) is 5.69 Å². The zero-order valence-electron chi connectivity index (χ0n) is 10.4. The first kappa shape index (κ1) is 12.4. The van der Waals surface area contributed by atoms with Crippen LogP contribution in [0, 0.1) is 4.77 Å². The van der Waals surface area contributed by atoms with E-state index in [4.69, 9.17) is 17.1 Å². The van der Waals surface area contributed by atoms with Crippen LogP contribution in [0.3, 0.4) is 0 Å². The van der Waals surface area contributed by atoms with Gasteiger partial charge >= 0.3 is 0 Å². The molecule has 0 fully saturated rings. The molecule has 0 unspecified atom stereocenters. The van der Waals surface area contributed by atoms with Crippen LogP contribution in [0.5, 0.6) is 5.75 Å². The second-order valence-corrected chi connectivity index (χ2v) is 4.35. The van der Waals surface area contributed by atoms with Crippen LogP contribution in [0.2, 0.25) is 0 Å². The number of hydrogen-bond acceptors (Lipinski definition) is 5. The molecule has 2 N–H and O–H groups in total. The van der Waals surface area contributed by atoms with Gasteiger partial charge in [-0.15, -0.1) is 0 Å². The Hall–Kier alpha value is -2.67. The number of anilines is 1. The maximum Gasteiger partial charge on any atom is 0.242 e. The van der Waals surface area contributed by atoms with Crippen molar-refractivity contribution in [3.05, 3.63) is 59.4 Å². The van der Waals surface area contributed by atoms with Crippen molar-refractivity contribution >= 4 is 17.9 Å². The average Bonchev–Trinajstić information content (AvgIpc) is 2.93. The molecule has 0 atom stereocenters. The highest BCUT2D eigenvalue weighted by atomic mass is 32.1. The van der Waals surface area contributed by atoms with E-state index < -0.39 is 0 Å². The summed E-state index contributed by atoms with van der Waals surface area (Å²) in [6, 6.07) is 17.0. The molecule has 0 aliphatic heterocycles. The maximum absolute atomic E-state index is 5.47. The fourth-order valence-electron chi connectivity index (χ4n) is 1.68. The zero-order valence-corrected chi connectivity index (χ0v) is 11.2. The monoisotopic (exact) mass is 285 g/mol. The topological polar surface area (TPSA) is 67.8 Å². The minimum atomic E-state index is 0.367. The second-order valence-electron chi connectivity index (χ2n) is 3.99. The summed E-state index contributed by atoms with van der Waals surface area (Å²) >= 11 is 5.06. The number of rotatable bonds is 4. The third kappa shape index (κ3) is 2.67. The molecule has 0 saturated heterocycles. The summed E-state index contributed by atoms with van der Waals surface area (Å²) in [4.78, 5) is 5.47. The Morgan fingerprint density at radius 1 is 1.10 bits per heavy atom. The van der Waals surface area contributed by atoms with E-state index in [2.05, 4.69) is 21.0 Å². The number of tetrazole rings is 1. The van der Waals surface area contributed by atoms with E-state index in [1.807, 2.05) is 54.6 Å². The smallest absolute Gasteiger partial charge is 0.242 e. The molecule has 7 heteroatoms. The molecule has 6 nitrogen and oxygen atoms in total. The van der Waals surface area contributed by atoms with E-state index >= 15 is 0 Å². The largest absolute Gasteiger partial charge is 0.382 e. The normalized spacial score (nSPS) is 10.2. The van der Waals surface area contributed by atoms with Crippen LogP contribution in [0.25, 0.3) is 5.69 Å². The van der Waals surface area contributed by atoms with Crippen molar-refractivity contribution in [2.24, 2.45) is 0 Å². The molecular formula is C13H11N5OS. The Kier molecular flexibility index (Phi) is 3.42. The highest BCUT2D eigenvalue weighted by molar-refractivity contribution is 7.71. The average molecular weight is 285 g/mol. The molecule has 1 heterocycles. The molecule has 20 heavy (non-hydrogen) atoms. The van der Waals surface area contributed by atoms with Crippen LogP contribution >= 0.6 is 12.2 Å². The molecular weight excluding hydrogens is 274 g/mol. The van der Waals surface area contributed by atoms with Gasteiger partial charge in [-0.2, -0.15) is 5.21 Å². The number of benzene rings is 2. The number of para-hydroxylation sites is 1. The molecule has 2 aromatic carbocycles. The van der Waals surface area contributed by atoms with Crippen LogP contribution in [0.1, 0.15) is 0 Å². The van der Waals surface area contributed by atoms with Crippen molar-refractivity contribution in [1.82, 2.24) is 20.2 Å². The van der Waals surface area contributed by atoms with Crippen LogP contribution in [-0.2, 0) is 0 Å². The van der Waals surface area contributed by atoms with Crippen molar-refractivity contribution in [2.45, 2.75) is 0 Å². The van der Waals surface area contributed by atoms with E-state index in [-0.39, 0.29) is 0 Å². The highest BCUT2D eigenvalue weighted by Crippen LogP contribution is 2.15. The lowest BCUT2D eigenvalue weighted by molar-refractivity contribution is 0.405. The molecule has 0 radical (unpaired) electrons. The van der Waals surface area contributed by atoms with Gasteiger partial charge in [0.05, 0.1) is 11.4 Å². The number of hydrogen-bond donors (Lipinski definition) is 2. The maximum atomic E-state index is 5.47. The van der Waals surface area contributed by atoms with E-state index in [9.17, 15) is 0 Å². The van der Waals surface area contributed by atoms with E-state index in [1.54, 1.807) is 4.68 Å². The minimum Gasteiger partial charge on any atom is -0.382 e. The van der Waals surface area contributed by atoms with Crippen LogP contribution in [-0.4, -0.2) is 20.2 Å². The van der Waals surface area contributed by atoms with Crippen molar-refractivity contribution in [3.63, 3.8) is 0 Å². The van der Waals surface area contributed by atoms with E-state index in [0.717, 1.165) is 17.1 Å². The van der Waals surface area contributed by atoms with Gasteiger partial charge in [-0.05, 0) is 42.5 Å². The fourth-order valence-corrected chi connectivity index (χ4v) is 1.87. The third-order valence-corrected chi connectivity index (χ3v) is 2.87. The van der Waals surface area contributed by atoms with Crippen LogP contribution in [0.15, 0.2) is 54.6 Å². The predicted molar refractivity (Wildman–Crippen MR) is 77.2 cm³/mol. The molecule has 0 saturated carbocycles. The molecule has 0 spiro atoms. The van der Waals surface area contributed by atoms with Gasteiger partial charge in [0, 0.05) is 0 Å². The number of aromatic nitrogens is 4. The number of H-pyrrole nitrogens is 1. The zero-order chi connectivity index (χ0) is 13.8. The first-order chi connectivity index (χ1) is 9.83. The SMILES string of the molecule is S=c1nn[nH]n1-c1cccc(NOc2ccccc2)c1. The highest BCUT2D eigenvalue weighted by Gasteiger charge is 2.01. The fraction of sp³-hybridized carbons (Fsp3) is 0. The summed E-state index contributed by atoms with van der Waals surface area (Å²) in [5.74, 6) is 0.734. The quantitative estimate of drug-likeness (QED) is 0.570. The summed E-state index contributed by atoms with van der Waals surface area (Å²) in [5.41, 5.74) is 4.50. The molecule has 0 aliphatic carbocycles. The van der Waals surface area contributed by atoms with Gasteiger partial charge < -0.3 is 4.84 Å². The molecule has 3 rings (SSSR count). The lowest BCUT2D eigenvalue weighted by Crippen LogP contribution is -2.05. The van der Waals surface area contributed by atoms with E-state index in [0.29, 0.717) is 4.77 Å². The summed E-state index contributed by atoms with van der Waals surface area (Å²) in [6.45, 7) is 0. The van der Waals surface area contributed by atoms with Crippen LogP contribution < -0.4 is 10.3 Å². The predicted octanol–water partition coefficient (Wildman–Crippen LogP) is 2.73. The number of nitrogens with one attached hydrogen (secondary N) is 2. The molecule has 3 aromatic rings. The van der Waals surface area contributed by atoms with E-state index in [1.165, 1.54) is 0 Å². The Morgan fingerprint density at radius 3 is 2.70 bits per heavy atom. The Labute approximate surface area is 120 Å². The van der Waals surface area contributed by atoms with Crippen molar-refractivity contribution in [1.29, 1.82) is 0 Å². The Balaban J connectivity index is 1.78. The standard InChI is InChI=1S/C13H11N5OS/c20-13-14-16-17-18(13)11-6-4-5-10(9-11)15-19-12-7-2-1-3-8-12/h1-9,15H,(H,14,17,20). The lowest BCUT2D eigenvalue weighted by Gasteiger charge is -2.09. The Bertz CT molecular complexity index is 752. The van der Waals surface area contributed by atoms with Crippen molar-refractivity contribution < 1.29 is 4.84 Å². The number of nitrogens with zero attached hydrogens (tertiary/aromatic N) is 3.